The van der Waals surface area contributed by atoms with E-state index in [0.29, 0.717) is 13.0 Å². The number of nitrogens with one attached hydrogen (secondary N) is 1. The van der Waals surface area contributed by atoms with Crippen LogP contribution in [0.15, 0.2) is 4.63 Å². The van der Waals surface area contributed by atoms with Gasteiger partial charge in [-0.05, 0) is 29.1 Å². The molecular formula is C10H18N4O3. The molecule has 1 atom stereocenters. The molecule has 0 aliphatic rings. The number of nitrogens with zero attached hydrogens (tertiary/aromatic N) is 2. The Kier molecular flexibility index (Phi) is 5.41. The lowest BCUT2D eigenvalue weighted by Crippen LogP contribution is -2.30. The summed E-state index contributed by atoms with van der Waals surface area (Å²) in [5.41, 5.74) is 5.40. The topological polar surface area (TPSA) is 114 Å². The number of aliphatic hydroxyl groups excluding tert-OH is 1. The van der Waals surface area contributed by atoms with E-state index < -0.39 is 5.91 Å². The number of amides is 1. The fourth-order valence-electron chi connectivity index (χ4n) is 1.61. The summed E-state index contributed by atoms with van der Waals surface area (Å²) in [6.07, 6.45) is 2.63. The minimum atomic E-state index is -0.400. The van der Waals surface area contributed by atoms with Crippen molar-refractivity contribution in [2.45, 2.75) is 26.2 Å². The molecule has 7 nitrogen and oxygen atoms in total. The van der Waals surface area contributed by atoms with Crippen molar-refractivity contribution in [3.8, 4) is 0 Å². The minimum Gasteiger partial charge on any atom is -0.396 e. The lowest BCUT2D eigenvalue weighted by molar-refractivity contribution is 0.0933. The summed E-state index contributed by atoms with van der Waals surface area (Å²) in [5.74, 6) is -0.158. The normalized spacial score (nSPS) is 12.4. The van der Waals surface area contributed by atoms with E-state index in [-0.39, 0.29) is 24.0 Å². The number of nitrogens with two attached hydrogens (primary N) is 1. The maximum atomic E-state index is 11.6. The van der Waals surface area contributed by atoms with E-state index in [4.69, 9.17) is 10.8 Å². The van der Waals surface area contributed by atoms with Crippen molar-refractivity contribution >= 4 is 11.7 Å². The number of nitrogen functional groups attached to an aromatic ring is 1. The van der Waals surface area contributed by atoms with E-state index in [1.54, 1.807) is 0 Å². The van der Waals surface area contributed by atoms with Crippen LogP contribution >= 0.6 is 0 Å². The van der Waals surface area contributed by atoms with Gasteiger partial charge in [0.05, 0.1) is 0 Å². The summed E-state index contributed by atoms with van der Waals surface area (Å²) >= 11 is 0. The number of anilines is 1. The van der Waals surface area contributed by atoms with Gasteiger partial charge in [-0.15, -0.1) is 0 Å². The number of carbonyl (C=O) groups is 1. The van der Waals surface area contributed by atoms with Gasteiger partial charge in [-0.25, -0.2) is 4.63 Å². The molecule has 96 valence electrons. The second-order valence-corrected chi connectivity index (χ2v) is 3.88. The molecule has 4 N–H and O–H groups in total. The number of hydrogen-bond acceptors (Lipinski definition) is 6. The first-order valence-corrected chi connectivity index (χ1v) is 5.66. The van der Waals surface area contributed by atoms with Gasteiger partial charge in [0.15, 0.2) is 0 Å². The third kappa shape index (κ3) is 4.03. The first-order valence-electron chi connectivity index (χ1n) is 5.66. The maximum Gasteiger partial charge on any atom is 0.277 e. The smallest absolute Gasteiger partial charge is 0.277 e. The molecule has 1 aromatic rings. The fraction of sp³-hybridized carbons (Fsp3) is 0.700. The highest BCUT2D eigenvalue weighted by Crippen LogP contribution is 2.10. The van der Waals surface area contributed by atoms with Crippen molar-refractivity contribution in [3.05, 3.63) is 5.69 Å². The van der Waals surface area contributed by atoms with Crippen LogP contribution in [0.5, 0.6) is 0 Å². The Morgan fingerprint density at radius 3 is 2.82 bits per heavy atom. The van der Waals surface area contributed by atoms with Crippen LogP contribution < -0.4 is 11.1 Å². The van der Waals surface area contributed by atoms with Crippen LogP contribution in [0.3, 0.4) is 0 Å². The Morgan fingerprint density at radius 2 is 2.29 bits per heavy atom. The fourth-order valence-corrected chi connectivity index (χ4v) is 1.61. The molecule has 0 fully saturated rings. The third-order valence-electron chi connectivity index (χ3n) is 2.51. The van der Waals surface area contributed by atoms with E-state index in [1.165, 1.54) is 0 Å². The summed E-state index contributed by atoms with van der Waals surface area (Å²) in [5, 5.41) is 18.3. The third-order valence-corrected chi connectivity index (χ3v) is 2.51. The van der Waals surface area contributed by atoms with Gasteiger partial charge >= 0.3 is 0 Å². The van der Waals surface area contributed by atoms with Gasteiger partial charge in [0.2, 0.25) is 11.5 Å². The van der Waals surface area contributed by atoms with E-state index in [2.05, 4.69) is 27.2 Å². The molecule has 1 aromatic heterocycles. The second-order valence-electron chi connectivity index (χ2n) is 3.88. The zero-order valence-corrected chi connectivity index (χ0v) is 9.85. The molecular weight excluding hydrogens is 224 g/mol. The van der Waals surface area contributed by atoms with Crippen LogP contribution in [0.25, 0.3) is 0 Å². The molecule has 1 amide bonds. The number of aliphatic hydroxyl groups is 1. The zero-order valence-electron chi connectivity index (χ0n) is 9.85. The van der Waals surface area contributed by atoms with Gasteiger partial charge in [-0.1, -0.05) is 13.3 Å². The molecule has 0 saturated carbocycles. The first kappa shape index (κ1) is 13.4. The van der Waals surface area contributed by atoms with Gasteiger partial charge in [-0.2, -0.15) is 0 Å². The van der Waals surface area contributed by atoms with Crippen LogP contribution in [0.4, 0.5) is 5.82 Å². The predicted octanol–water partition coefficient (Wildman–Crippen LogP) is 0.180. The molecule has 0 aromatic carbocycles. The quantitative estimate of drug-likeness (QED) is 0.628. The number of rotatable bonds is 7. The predicted molar refractivity (Wildman–Crippen MR) is 61.1 cm³/mol. The zero-order chi connectivity index (χ0) is 12.7. The number of aromatic nitrogens is 2. The Balaban J connectivity index is 2.43. The highest BCUT2D eigenvalue weighted by atomic mass is 16.6. The van der Waals surface area contributed by atoms with Crippen molar-refractivity contribution in [2.24, 2.45) is 5.92 Å². The van der Waals surface area contributed by atoms with Gasteiger partial charge in [-0.3, -0.25) is 4.79 Å². The minimum absolute atomic E-state index is 0.00393. The van der Waals surface area contributed by atoms with Crippen molar-refractivity contribution < 1.29 is 14.5 Å². The Hall–Kier alpha value is -1.63. The molecule has 0 spiro atoms. The average Bonchev–Trinajstić information content (AvgIpc) is 2.72. The number of hydrogen-bond donors (Lipinski definition) is 3. The van der Waals surface area contributed by atoms with Crippen molar-refractivity contribution in [1.82, 2.24) is 15.6 Å². The average molecular weight is 242 g/mol. The van der Waals surface area contributed by atoms with Crippen LogP contribution in [-0.4, -0.2) is 34.5 Å². The summed E-state index contributed by atoms with van der Waals surface area (Å²) in [4.78, 5) is 11.6. The Morgan fingerprint density at radius 1 is 1.53 bits per heavy atom. The Bertz CT molecular complexity index is 347. The number of carbonyl (C=O) groups excluding carboxylic acids is 1. The molecule has 0 aliphatic carbocycles. The molecule has 0 radical (unpaired) electrons. The molecule has 0 saturated heterocycles. The highest BCUT2D eigenvalue weighted by molar-refractivity contribution is 5.95. The van der Waals surface area contributed by atoms with Crippen LogP contribution in [0.2, 0.25) is 0 Å². The van der Waals surface area contributed by atoms with Crippen LogP contribution in [0.1, 0.15) is 36.7 Å². The summed E-state index contributed by atoms with van der Waals surface area (Å²) < 4.78 is 4.34. The molecule has 17 heavy (non-hydrogen) atoms. The van der Waals surface area contributed by atoms with Gasteiger partial charge in [0.1, 0.15) is 0 Å². The monoisotopic (exact) mass is 242 g/mol. The molecule has 1 rings (SSSR count). The molecule has 0 aliphatic heterocycles. The highest BCUT2D eigenvalue weighted by Gasteiger charge is 2.17. The van der Waals surface area contributed by atoms with Gasteiger partial charge < -0.3 is 16.2 Å². The van der Waals surface area contributed by atoms with Gasteiger partial charge in [0, 0.05) is 13.2 Å². The van der Waals surface area contributed by atoms with Crippen molar-refractivity contribution in [2.75, 3.05) is 18.9 Å². The summed E-state index contributed by atoms with van der Waals surface area (Å²) in [7, 11) is 0. The largest absolute Gasteiger partial charge is 0.396 e. The van der Waals surface area contributed by atoms with Crippen molar-refractivity contribution in [3.63, 3.8) is 0 Å². The molecule has 1 unspecified atom stereocenters. The first-order chi connectivity index (χ1) is 8.19. The lowest BCUT2D eigenvalue weighted by atomic mass is 10.0. The SMILES string of the molecule is CCCC(CCO)CNC(=O)c1nonc1N. The second kappa shape index (κ2) is 6.85. The maximum absolute atomic E-state index is 11.6. The van der Waals surface area contributed by atoms with Gasteiger partial charge in [0.25, 0.3) is 5.91 Å². The van der Waals surface area contributed by atoms with E-state index in [9.17, 15) is 4.79 Å². The van der Waals surface area contributed by atoms with Crippen LogP contribution in [0, 0.1) is 5.92 Å². The molecule has 0 bridgehead atoms. The van der Waals surface area contributed by atoms with Crippen molar-refractivity contribution in [1.29, 1.82) is 0 Å². The van der Waals surface area contributed by atoms with E-state index in [0.717, 1.165) is 12.8 Å². The lowest BCUT2D eigenvalue weighted by Gasteiger charge is -2.14. The molecule has 7 heteroatoms. The summed E-state index contributed by atoms with van der Waals surface area (Å²) in [6.45, 7) is 2.67. The van der Waals surface area contributed by atoms with Crippen LogP contribution in [-0.2, 0) is 0 Å². The summed E-state index contributed by atoms with van der Waals surface area (Å²) in [6, 6.07) is 0. The van der Waals surface area contributed by atoms with E-state index >= 15 is 0 Å². The standard InChI is InChI=1S/C10H18N4O3/c1-2-3-7(4-5-15)6-12-10(16)8-9(11)14-17-13-8/h7,15H,2-6H2,1H3,(H2,11,14)(H,12,16). The van der Waals surface area contributed by atoms with E-state index in [1.807, 2.05) is 0 Å². The Labute approximate surface area is 99.3 Å². The molecule has 1 heterocycles.